The molecule has 2 amide bonds. The quantitative estimate of drug-likeness (QED) is 0.431. The van der Waals surface area contributed by atoms with Gasteiger partial charge in [0.15, 0.2) is 0 Å². The number of para-hydroxylation sites is 1. The van der Waals surface area contributed by atoms with Gasteiger partial charge in [0.2, 0.25) is 0 Å². The summed E-state index contributed by atoms with van der Waals surface area (Å²) in [4.78, 5) is 25.4. The SMILES string of the molecule is CCCNC(=O)c1ccccc1NC(=O)c1ccc(C)c(S(=O)(=O)Nc2cc(C)ccc2C)c1. The highest BCUT2D eigenvalue weighted by Crippen LogP contribution is 2.24. The molecular formula is C26H29N3O4S. The number of benzene rings is 3. The van der Waals surface area contributed by atoms with E-state index in [4.69, 9.17) is 0 Å². The van der Waals surface area contributed by atoms with Crippen molar-refractivity contribution in [3.63, 3.8) is 0 Å². The number of hydrogen-bond donors (Lipinski definition) is 3. The molecule has 0 heterocycles. The number of amides is 2. The molecule has 0 aliphatic heterocycles. The molecule has 0 saturated carbocycles. The van der Waals surface area contributed by atoms with Crippen molar-refractivity contribution in [2.45, 2.75) is 39.0 Å². The van der Waals surface area contributed by atoms with Crippen molar-refractivity contribution in [3.05, 3.63) is 88.5 Å². The van der Waals surface area contributed by atoms with Crippen LogP contribution in [0.15, 0.2) is 65.6 Å². The zero-order chi connectivity index (χ0) is 24.9. The largest absolute Gasteiger partial charge is 0.352 e. The fourth-order valence-electron chi connectivity index (χ4n) is 3.39. The summed E-state index contributed by atoms with van der Waals surface area (Å²) >= 11 is 0. The topological polar surface area (TPSA) is 104 Å². The number of hydrogen-bond acceptors (Lipinski definition) is 4. The third kappa shape index (κ3) is 5.82. The normalized spacial score (nSPS) is 11.1. The highest BCUT2D eigenvalue weighted by molar-refractivity contribution is 7.92. The summed E-state index contributed by atoms with van der Waals surface area (Å²) in [5, 5.41) is 5.53. The van der Waals surface area contributed by atoms with E-state index in [0.717, 1.165) is 17.5 Å². The van der Waals surface area contributed by atoms with Gasteiger partial charge in [-0.05, 0) is 74.2 Å². The Bertz CT molecular complexity index is 1330. The van der Waals surface area contributed by atoms with Crippen LogP contribution in [-0.2, 0) is 10.0 Å². The van der Waals surface area contributed by atoms with Crippen LogP contribution in [-0.4, -0.2) is 26.8 Å². The van der Waals surface area contributed by atoms with E-state index in [-0.39, 0.29) is 16.4 Å². The molecule has 178 valence electrons. The molecule has 0 aliphatic rings. The van der Waals surface area contributed by atoms with E-state index >= 15 is 0 Å². The summed E-state index contributed by atoms with van der Waals surface area (Å²) in [5.74, 6) is -0.804. The van der Waals surface area contributed by atoms with Gasteiger partial charge < -0.3 is 10.6 Å². The van der Waals surface area contributed by atoms with Crippen molar-refractivity contribution in [2.24, 2.45) is 0 Å². The second-order valence-corrected chi connectivity index (χ2v) is 9.81. The Morgan fingerprint density at radius 2 is 1.53 bits per heavy atom. The average molecular weight is 480 g/mol. The molecule has 3 aromatic carbocycles. The van der Waals surface area contributed by atoms with E-state index in [9.17, 15) is 18.0 Å². The molecule has 0 radical (unpaired) electrons. The Morgan fingerprint density at radius 1 is 0.824 bits per heavy atom. The van der Waals surface area contributed by atoms with Gasteiger partial charge in [0.05, 0.1) is 21.8 Å². The van der Waals surface area contributed by atoms with Crippen LogP contribution >= 0.6 is 0 Å². The van der Waals surface area contributed by atoms with E-state index in [1.165, 1.54) is 6.07 Å². The summed E-state index contributed by atoms with van der Waals surface area (Å²) < 4.78 is 29.0. The van der Waals surface area contributed by atoms with Gasteiger partial charge in [-0.25, -0.2) is 8.42 Å². The molecule has 34 heavy (non-hydrogen) atoms. The van der Waals surface area contributed by atoms with Crippen LogP contribution in [0.5, 0.6) is 0 Å². The maximum atomic E-state index is 13.2. The molecule has 3 N–H and O–H groups in total. The van der Waals surface area contributed by atoms with Crippen LogP contribution in [0.1, 0.15) is 50.8 Å². The van der Waals surface area contributed by atoms with Crippen LogP contribution in [0.4, 0.5) is 11.4 Å². The van der Waals surface area contributed by atoms with Crippen molar-refractivity contribution in [1.82, 2.24) is 5.32 Å². The van der Waals surface area contributed by atoms with Gasteiger partial charge in [-0.2, -0.15) is 0 Å². The van der Waals surface area contributed by atoms with Crippen LogP contribution in [0.2, 0.25) is 0 Å². The minimum Gasteiger partial charge on any atom is -0.352 e. The third-order valence-corrected chi connectivity index (χ3v) is 6.84. The summed E-state index contributed by atoms with van der Waals surface area (Å²) in [6.07, 6.45) is 0.789. The van der Waals surface area contributed by atoms with E-state index in [0.29, 0.717) is 29.0 Å². The van der Waals surface area contributed by atoms with Crippen LogP contribution in [0.3, 0.4) is 0 Å². The Kier molecular flexibility index (Phi) is 7.73. The van der Waals surface area contributed by atoms with Crippen molar-refractivity contribution in [3.8, 4) is 0 Å². The first-order valence-corrected chi connectivity index (χ1v) is 12.5. The molecular weight excluding hydrogens is 450 g/mol. The third-order valence-electron chi connectivity index (χ3n) is 5.33. The second-order valence-electron chi connectivity index (χ2n) is 8.16. The van der Waals surface area contributed by atoms with Crippen molar-refractivity contribution in [1.29, 1.82) is 0 Å². The Balaban J connectivity index is 1.89. The molecule has 0 aliphatic carbocycles. The smallest absolute Gasteiger partial charge is 0.262 e. The molecule has 7 nitrogen and oxygen atoms in total. The number of nitrogens with one attached hydrogen (secondary N) is 3. The summed E-state index contributed by atoms with van der Waals surface area (Å²) in [6, 6.07) is 16.7. The average Bonchev–Trinajstić information content (AvgIpc) is 2.80. The van der Waals surface area contributed by atoms with Gasteiger partial charge in [0.25, 0.3) is 21.8 Å². The minimum absolute atomic E-state index is 0.00929. The summed E-state index contributed by atoms with van der Waals surface area (Å²) in [5.41, 5.74) is 3.56. The maximum Gasteiger partial charge on any atom is 0.262 e. The van der Waals surface area contributed by atoms with Crippen LogP contribution in [0.25, 0.3) is 0 Å². The van der Waals surface area contributed by atoms with Crippen LogP contribution in [0, 0.1) is 20.8 Å². The van der Waals surface area contributed by atoms with E-state index in [1.807, 2.05) is 32.9 Å². The lowest BCUT2D eigenvalue weighted by Crippen LogP contribution is -2.26. The first-order chi connectivity index (χ1) is 16.1. The number of aryl methyl sites for hydroxylation is 3. The number of rotatable bonds is 8. The minimum atomic E-state index is -3.94. The molecule has 8 heteroatoms. The first-order valence-electron chi connectivity index (χ1n) is 11.0. The molecule has 0 bridgehead atoms. The van der Waals surface area contributed by atoms with Gasteiger partial charge in [-0.15, -0.1) is 0 Å². The highest BCUT2D eigenvalue weighted by atomic mass is 32.2. The predicted molar refractivity (Wildman–Crippen MR) is 135 cm³/mol. The summed E-state index contributed by atoms with van der Waals surface area (Å²) in [7, 11) is -3.94. The van der Waals surface area contributed by atoms with Crippen LogP contribution < -0.4 is 15.4 Å². The molecule has 3 aromatic rings. The predicted octanol–water partition coefficient (Wildman–Crippen LogP) is 4.80. The molecule has 0 saturated heterocycles. The van der Waals surface area contributed by atoms with Gasteiger partial charge in [0, 0.05) is 12.1 Å². The van der Waals surface area contributed by atoms with Gasteiger partial charge in [-0.1, -0.05) is 37.3 Å². The van der Waals surface area contributed by atoms with E-state index < -0.39 is 15.9 Å². The molecule has 0 spiro atoms. The Labute approximate surface area is 200 Å². The van der Waals surface area contributed by atoms with Gasteiger partial charge in [0.1, 0.15) is 0 Å². The lowest BCUT2D eigenvalue weighted by atomic mass is 10.1. The molecule has 0 aromatic heterocycles. The van der Waals surface area contributed by atoms with Gasteiger partial charge in [-0.3, -0.25) is 14.3 Å². The van der Waals surface area contributed by atoms with E-state index in [1.54, 1.807) is 49.4 Å². The molecule has 0 unspecified atom stereocenters. The fraction of sp³-hybridized carbons (Fsp3) is 0.231. The maximum absolute atomic E-state index is 13.2. The zero-order valence-electron chi connectivity index (χ0n) is 19.7. The second kappa shape index (κ2) is 10.5. The van der Waals surface area contributed by atoms with Crippen molar-refractivity contribution < 1.29 is 18.0 Å². The number of carbonyl (C=O) groups is 2. The number of anilines is 2. The molecule has 0 fully saturated rings. The number of carbonyl (C=O) groups excluding carboxylic acids is 2. The lowest BCUT2D eigenvalue weighted by molar-refractivity contribution is 0.0954. The lowest BCUT2D eigenvalue weighted by Gasteiger charge is -2.15. The zero-order valence-corrected chi connectivity index (χ0v) is 20.5. The van der Waals surface area contributed by atoms with Crippen molar-refractivity contribution >= 4 is 33.2 Å². The van der Waals surface area contributed by atoms with Gasteiger partial charge >= 0.3 is 0 Å². The fourth-order valence-corrected chi connectivity index (χ4v) is 4.79. The number of sulfonamides is 1. The molecule has 0 atom stereocenters. The Hall–Kier alpha value is -3.65. The molecule has 3 rings (SSSR count). The summed E-state index contributed by atoms with van der Waals surface area (Å²) in [6.45, 7) is 7.85. The monoisotopic (exact) mass is 479 g/mol. The van der Waals surface area contributed by atoms with Crippen molar-refractivity contribution in [2.75, 3.05) is 16.6 Å². The standard InChI is InChI=1S/C26H29N3O4S/c1-5-14-27-26(31)21-8-6-7-9-22(21)28-25(30)20-13-12-19(4)24(16-20)34(32,33)29-23-15-17(2)10-11-18(23)3/h6-13,15-16,29H,5,14H2,1-4H3,(H,27,31)(H,28,30). The Morgan fingerprint density at radius 3 is 2.26 bits per heavy atom. The van der Waals surface area contributed by atoms with E-state index in [2.05, 4.69) is 15.4 Å². The first kappa shape index (κ1) is 25.0. The highest BCUT2D eigenvalue weighted by Gasteiger charge is 2.21.